The number of rotatable bonds is 7. The Morgan fingerprint density at radius 2 is 2.07 bits per heavy atom. The van der Waals surface area contributed by atoms with Gasteiger partial charge in [-0.15, -0.1) is 16.4 Å². The molecule has 1 unspecified atom stereocenters. The van der Waals surface area contributed by atoms with Crippen LogP contribution in [0.5, 0.6) is 0 Å². The molecule has 1 atom stereocenters. The van der Waals surface area contributed by atoms with Gasteiger partial charge in [-0.05, 0) is 50.4 Å². The van der Waals surface area contributed by atoms with E-state index in [1.54, 1.807) is 16.0 Å². The van der Waals surface area contributed by atoms with Crippen molar-refractivity contribution >= 4 is 17.2 Å². The summed E-state index contributed by atoms with van der Waals surface area (Å²) in [5, 5.41) is 9.47. The molecule has 1 aliphatic rings. The Balaban J connectivity index is 1.55. The molecule has 0 aliphatic heterocycles. The number of hydrogen-bond acceptors (Lipinski definition) is 5. The summed E-state index contributed by atoms with van der Waals surface area (Å²) in [4.78, 5) is 20.5. The van der Waals surface area contributed by atoms with E-state index in [9.17, 15) is 4.79 Å². The number of nitrogens with zero attached hydrogens (tertiary/aromatic N) is 4. The number of amides is 1. The highest BCUT2D eigenvalue weighted by molar-refractivity contribution is 7.13. The number of benzene rings is 1. The molecular weight excluding hydrogens is 358 g/mol. The average Bonchev–Trinajstić information content (AvgIpc) is 3.22. The molecule has 0 spiro atoms. The van der Waals surface area contributed by atoms with Gasteiger partial charge >= 0.3 is 0 Å². The maximum atomic E-state index is 12.7. The van der Waals surface area contributed by atoms with Crippen LogP contribution in [0.25, 0.3) is 16.4 Å². The van der Waals surface area contributed by atoms with E-state index in [-0.39, 0.29) is 17.8 Å². The smallest absolute Gasteiger partial charge is 0.291 e. The minimum Gasteiger partial charge on any atom is -0.348 e. The molecule has 140 valence electrons. The molecule has 1 aliphatic carbocycles. The van der Waals surface area contributed by atoms with Gasteiger partial charge in [-0.25, -0.2) is 9.67 Å². The van der Waals surface area contributed by atoms with Crippen molar-refractivity contribution in [2.45, 2.75) is 31.8 Å². The first-order valence-electron chi connectivity index (χ1n) is 9.20. The van der Waals surface area contributed by atoms with E-state index in [2.05, 4.69) is 34.3 Å². The van der Waals surface area contributed by atoms with Gasteiger partial charge in [-0.3, -0.25) is 9.69 Å². The van der Waals surface area contributed by atoms with Crippen LogP contribution >= 0.6 is 11.3 Å². The zero-order chi connectivity index (χ0) is 18.8. The summed E-state index contributed by atoms with van der Waals surface area (Å²) in [5.74, 6) is 0.645. The van der Waals surface area contributed by atoms with Crippen LogP contribution in [0, 0.1) is 0 Å². The number of hydrogen-bond donors (Lipinski definition) is 1. The van der Waals surface area contributed by atoms with E-state index in [4.69, 9.17) is 0 Å². The van der Waals surface area contributed by atoms with Crippen molar-refractivity contribution in [1.29, 1.82) is 0 Å². The van der Waals surface area contributed by atoms with Gasteiger partial charge in [0.1, 0.15) is 0 Å². The van der Waals surface area contributed by atoms with Crippen LogP contribution < -0.4 is 5.32 Å². The predicted octanol–water partition coefficient (Wildman–Crippen LogP) is 3.21. The van der Waals surface area contributed by atoms with Crippen LogP contribution in [0.2, 0.25) is 0 Å². The maximum absolute atomic E-state index is 12.7. The van der Waals surface area contributed by atoms with Gasteiger partial charge in [0.05, 0.1) is 10.6 Å². The Bertz CT molecular complexity index is 902. The quantitative estimate of drug-likeness (QED) is 0.683. The third-order valence-electron chi connectivity index (χ3n) is 4.93. The van der Waals surface area contributed by atoms with Gasteiger partial charge in [-0.2, -0.15) is 0 Å². The molecule has 6 nitrogen and oxygen atoms in total. The summed E-state index contributed by atoms with van der Waals surface area (Å²) in [6, 6.07) is 14.7. The maximum Gasteiger partial charge on any atom is 0.291 e. The number of carbonyl (C=O) groups is 1. The third kappa shape index (κ3) is 3.94. The van der Waals surface area contributed by atoms with Gasteiger partial charge in [0, 0.05) is 18.6 Å². The van der Waals surface area contributed by atoms with E-state index < -0.39 is 0 Å². The molecule has 3 aromatic rings. The summed E-state index contributed by atoms with van der Waals surface area (Å²) < 4.78 is 1.74. The Kier molecular flexibility index (Phi) is 5.05. The van der Waals surface area contributed by atoms with E-state index in [1.165, 1.54) is 12.8 Å². The van der Waals surface area contributed by atoms with Crippen LogP contribution in [0.4, 0.5) is 0 Å². The molecule has 1 fully saturated rings. The summed E-state index contributed by atoms with van der Waals surface area (Å²) >= 11 is 1.58. The van der Waals surface area contributed by atoms with E-state index in [0.717, 1.165) is 10.6 Å². The van der Waals surface area contributed by atoms with E-state index in [0.29, 0.717) is 18.4 Å². The molecule has 4 rings (SSSR count). The molecule has 2 heterocycles. The normalized spacial score (nSPS) is 15.1. The Hall–Kier alpha value is -2.51. The zero-order valence-electron chi connectivity index (χ0n) is 15.5. The highest BCUT2D eigenvalue weighted by Crippen LogP contribution is 2.27. The van der Waals surface area contributed by atoms with Crippen molar-refractivity contribution in [3.63, 3.8) is 0 Å². The van der Waals surface area contributed by atoms with Crippen LogP contribution in [0.1, 0.15) is 30.4 Å². The number of para-hydroxylation sites is 1. The van der Waals surface area contributed by atoms with Crippen LogP contribution in [-0.4, -0.2) is 51.2 Å². The number of likely N-dealkylation sites (N-methyl/N-ethyl adjacent to an activating group) is 1. The monoisotopic (exact) mass is 381 g/mol. The second kappa shape index (κ2) is 7.62. The van der Waals surface area contributed by atoms with Gasteiger partial charge in [0.2, 0.25) is 5.82 Å². The van der Waals surface area contributed by atoms with Crippen molar-refractivity contribution in [2.75, 3.05) is 13.6 Å². The van der Waals surface area contributed by atoms with Gasteiger partial charge in [0.25, 0.3) is 5.91 Å². The Morgan fingerprint density at radius 1 is 1.30 bits per heavy atom. The fourth-order valence-corrected chi connectivity index (χ4v) is 3.73. The lowest BCUT2D eigenvalue weighted by atomic mass is 10.3. The lowest BCUT2D eigenvalue weighted by molar-refractivity contribution is 0.0929. The highest BCUT2D eigenvalue weighted by atomic mass is 32.1. The molecule has 1 amide bonds. The molecule has 0 bridgehead atoms. The first kappa shape index (κ1) is 17.9. The third-order valence-corrected chi connectivity index (χ3v) is 5.79. The number of aromatic nitrogens is 3. The van der Waals surface area contributed by atoms with Crippen molar-refractivity contribution in [2.24, 2.45) is 0 Å². The Morgan fingerprint density at radius 3 is 2.74 bits per heavy atom. The summed E-state index contributed by atoms with van der Waals surface area (Å²) in [7, 11) is 2.12. The van der Waals surface area contributed by atoms with E-state index >= 15 is 0 Å². The number of carbonyl (C=O) groups excluding carboxylic acids is 1. The first-order chi connectivity index (χ1) is 13.1. The van der Waals surface area contributed by atoms with E-state index in [1.807, 2.05) is 47.8 Å². The molecular formula is C20H23N5OS. The van der Waals surface area contributed by atoms with Gasteiger partial charge in [-0.1, -0.05) is 24.3 Å². The second-order valence-corrected chi connectivity index (χ2v) is 7.89. The molecule has 0 saturated heterocycles. The fraction of sp³-hybridized carbons (Fsp3) is 0.350. The molecule has 2 aromatic heterocycles. The first-order valence-corrected chi connectivity index (χ1v) is 10.1. The van der Waals surface area contributed by atoms with Crippen molar-refractivity contribution in [3.05, 3.63) is 53.7 Å². The lowest BCUT2D eigenvalue weighted by Crippen LogP contribution is -2.41. The molecule has 0 radical (unpaired) electrons. The molecule has 7 heteroatoms. The molecule has 1 aromatic carbocycles. The predicted molar refractivity (Wildman–Crippen MR) is 107 cm³/mol. The van der Waals surface area contributed by atoms with Crippen LogP contribution in [0.3, 0.4) is 0 Å². The number of nitrogens with one attached hydrogen (secondary N) is 1. The number of thiophene rings is 1. The summed E-state index contributed by atoms with van der Waals surface area (Å²) in [6.45, 7) is 2.71. The van der Waals surface area contributed by atoms with Crippen molar-refractivity contribution < 1.29 is 4.79 Å². The molecule has 27 heavy (non-hydrogen) atoms. The summed E-state index contributed by atoms with van der Waals surface area (Å²) in [6.07, 6.45) is 2.50. The molecule has 1 N–H and O–H groups in total. The standard InChI is InChI=1S/C20H23N5OS/c1-14(24(2)15-10-11-15)13-21-20(26)18-22-19(17-9-6-12-27-17)25(23-18)16-7-4-3-5-8-16/h3-9,12,14-15H,10-11,13H2,1-2H3,(H,21,26). The second-order valence-electron chi connectivity index (χ2n) is 6.94. The largest absolute Gasteiger partial charge is 0.348 e. The van der Waals surface area contributed by atoms with Crippen LogP contribution in [0.15, 0.2) is 47.8 Å². The van der Waals surface area contributed by atoms with Gasteiger partial charge in [0.15, 0.2) is 5.82 Å². The fourth-order valence-electron chi connectivity index (χ4n) is 3.03. The van der Waals surface area contributed by atoms with Crippen molar-refractivity contribution in [3.8, 4) is 16.4 Å². The highest BCUT2D eigenvalue weighted by Gasteiger charge is 2.29. The Labute approximate surface area is 162 Å². The minimum absolute atomic E-state index is 0.198. The average molecular weight is 382 g/mol. The molecule has 1 saturated carbocycles. The van der Waals surface area contributed by atoms with Gasteiger partial charge < -0.3 is 5.32 Å². The zero-order valence-corrected chi connectivity index (χ0v) is 16.3. The minimum atomic E-state index is -0.237. The SMILES string of the molecule is CC(CNC(=O)c1nc(-c2cccs2)n(-c2ccccc2)n1)N(C)C1CC1. The topological polar surface area (TPSA) is 63.1 Å². The summed E-state index contributed by atoms with van der Waals surface area (Å²) in [5.41, 5.74) is 0.884. The van der Waals surface area contributed by atoms with Crippen LogP contribution in [-0.2, 0) is 0 Å². The van der Waals surface area contributed by atoms with Crippen molar-refractivity contribution in [1.82, 2.24) is 25.0 Å². The lowest BCUT2D eigenvalue weighted by Gasteiger charge is -2.24.